The first-order valence-corrected chi connectivity index (χ1v) is 18.8. The molecule has 55 heavy (non-hydrogen) atoms. The van der Waals surface area contributed by atoms with Crippen LogP contribution in [0, 0.1) is 0 Å². The molecule has 0 aliphatic carbocycles. The Hall–Kier alpha value is -7.22. The van der Waals surface area contributed by atoms with Crippen molar-refractivity contribution < 1.29 is 0 Å². The fraction of sp³-hybridized carbons (Fsp3) is 0. The molecule has 0 amide bonds. The van der Waals surface area contributed by atoms with Crippen molar-refractivity contribution in [2.24, 2.45) is 0 Å². The molecule has 6 aromatic carbocycles. The molecule has 4 heterocycles. The molecule has 0 saturated carbocycles. The second-order valence-electron chi connectivity index (χ2n) is 13.2. The monoisotopic (exact) mass is 722 g/mol. The number of thiophene rings is 1. The van der Waals surface area contributed by atoms with Crippen LogP contribution < -0.4 is 0 Å². The Kier molecular flexibility index (Phi) is 8.24. The smallest absolute Gasteiger partial charge is 0.164 e. The summed E-state index contributed by atoms with van der Waals surface area (Å²) in [6.45, 7) is 0. The van der Waals surface area contributed by atoms with Crippen LogP contribution in [0.2, 0.25) is 0 Å². The van der Waals surface area contributed by atoms with Crippen molar-refractivity contribution in [3.63, 3.8) is 0 Å². The summed E-state index contributed by atoms with van der Waals surface area (Å²) in [5.41, 5.74) is 11.3. The Labute approximate surface area is 321 Å². The molecule has 0 aliphatic heterocycles. The topological polar surface area (TPSA) is 77.3 Å². The van der Waals surface area contributed by atoms with E-state index in [1.165, 1.54) is 5.56 Å². The van der Waals surface area contributed by atoms with E-state index < -0.39 is 0 Å². The molecule has 0 radical (unpaired) electrons. The highest BCUT2D eigenvalue weighted by Crippen LogP contribution is 2.36. The summed E-state index contributed by atoms with van der Waals surface area (Å²) in [6, 6.07) is 58.1. The summed E-state index contributed by atoms with van der Waals surface area (Å²) in [4.78, 5) is 30.5. The third kappa shape index (κ3) is 6.43. The van der Waals surface area contributed by atoms with E-state index in [0.717, 1.165) is 70.5 Å². The lowest BCUT2D eigenvalue weighted by atomic mass is 10.0. The second-order valence-corrected chi connectivity index (χ2v) is 14.3. The Balaban J connectivity index is 0.987. The minimum Gasteiger partial charge on any atom is -0.245 e. The van der Waals surface area contributed by atoms with Crippen LogP contribution in [-0.4, -0.2) is 29.9 Å². The molecule has 4 aromatic heterocycles. The van der Waals surface area contributed by atoms with Gasteiger partial charge in [0.2, 0.25) is 0 Å². The van der Waals surface area contributed by atoms with E-state index in [1.54, 1.807) is 11.3 Å². The number of hydrogen-bond donors (Lipinski definition) is 0. The first kappa shape index (κ1) is 32.4. The van der Waals surface area contributed by atoms with Crippen LogP contribution in [0.3, 0.4) is 0 Å². The SMILES string of the molecule is c1ccc(-c2ccc(-c3ncc4sc5ncc(-c6ccc(-c7nc(-c8ccccc8)nc(-c8cccc(-c9ccccc9)c8)n7)cc6)cc5c4n3)cc2)cc1. The molecule has 10 aromatic rings. The van der Waals surface area contributed by atoms with Crippen molar-refractivity contribution in [1.82, 2.24) is 29.9 Å². The molecule has 10 rings (SSSR count). The summed E-state index contributed by atoms with van der Waals surface area (Å²) in [6.07, 6.45) is 3.84. The maximum absolute atomic E-state index is 5.05. The van der Waals surface area contributed by atoms with Gasteiger partial charge in [0.1, 0.15) is 4.83 Å². The predicted octanol–water partition coefficient (Wildman–Crippen LogP) is 12.1. The molecule has 6 nitrogen and oxygen atoms in total. The van der Waals surface area contributed by atoms with Crippen LogP contribution in [0.5, 0.6) is 0 Å². The highest BCUT2D eigenvalue weighted by molar-refractivity contribution is 7.25. The van der Waals surface area contributed by atoms with Gasteiger partial charge in [-0.15, -0.1) is 11.3 Å². The summed E-state index contributed by atoms with van der Waals surface area (Å²) in [7, 11) is 0. The van der Waals surface area contributed by atoms with E-state index in [1.807, 2.05) is 67.0 Å². The van der Waals surface area contributed by atoms with Crippen molar-refractivity contribution in [3.8, 4) is 78.9 Å². The van der Waals surface area contributed by atoms with Gasteiger partial charge in [-0.25, -0.2) is 29.9 Å². The van der Waals surface area contributed by atoms with Crippen molar-refractivity contribution in [2.75, 3.05) is 0 Å². The molecule has 0 fully saturated rings. The lowest BCUT2D eigenvalue weighted by Crippen LogP contribution is -2.00. The van der Waals surface area contributed by atoms with Crippen molar-refractivity contribution in [1.29, 1.82) is 0 Å². The van der Waals surface area contributed by atoms with Crippen molar-refractivity contribution >= 4 is 31.8 Å². The minimum absolute atomic E-state index is 0.610. The first-order chi connectivity index (χ1) is 27.2. The van der Waals surface area contributed by atoms with Gasteiger partial charge in [0.25, 0.3) is 0 Å². The Morgan fingerprint density at radius 2 is 0.764 bits per heavy atom. The third-order valence-electron chi connectivity index (χ3n) is 9.69. The Morgan fingerprint density at radius 3 is 1.40 bits per heavy atom. The van der Waals surface area contributed by atoms with Gasteiger partial charge in [0.05, 0.1) is 10.2 Å². The highest BCUT2D eigenvalue weighted by atomic mass is 32.1. The Bertz CT molecular complexity index is 2950. The summed E-state index contributed by atoms with van der Waals surface area (Å²) >= 11 is 1.61. The lowest BCUT2D eigenvalue weighted by molar-refractivity contribution is 1.07. The number of fused-ring (bicyclic) bond motifs is 3. The lowest BCUT2D eigenvalue weighted by Gasteiger charge is -2.10. The number of benzene rings is 6. The van der Waals surface area contributed by atoms with Crippen LogP contribution in [0.1, 0.15) is 0 Å². The van der Waals surface area contributed by atoms with E-state index in [-0.39, 0.29) is 0 Å². The van der Waals surface area contributed by atoms with Gasteiger partial charge in [-0.05, 0) is 39.9 Å². The maximum atomic E-state index is 5.05. The summed E-state index contributed by atoms with van der Waals surface area (Å²) < 4.78 is 1.01. The second kappa shape index (κ2) is 14.0. The fourth-order valence-electron chi connectivity index (χ4n) is 6.82. The van der Waals surface area contributed by atoms with Crippen LogP contribution in [0.25, 0.3) is 99.4 Å². The first-order valence-electron chi connectivity index (χ1n) is 18.0. The number of hydrogen-bond acceptors (Lipinski definition) is 7. The van der Waals surface area contributed by atoms with Gasteiger partial charge in [0.15, 0.2) is 23.3 Å². The maximum Gasteiger partial charge on any atom is 0.164 e. The molecular formula is C48H30N6S. The molecule has 0 bridgehead atoms. The zero-order chi connectivity index (χ0) is 36.6. The molecule has 7 heteroatoms. The molecule has 258 valence electrons. The number of aromatic nitrogens is 6. The molecule has 0 spiro atoms. The predicted molar refractivity (Wildman–Crippen MR) is 224 cm³/mol. The number of nitrogens with zero attached hydrogens (tertiary/aromatic N) is 6. The van der Waals surface area contributed by atoms with E-state index >= 15 is 0 Å². The van der Waals surface area contributed by atoms with E-state index in [9.17, 15) is 0 Å². The molecule has 0 N–H and O–H groups in total. The molecule has 0 saturated heterocycles. The third-order valence-corrected chi connectivity index (χ3v) is 10.7. The minimum atomic E-state index is 0.610. The summed E-state index contributed by atoms with van der Waals surface area (Å²) in [5.74, 6) is 2.55. The molecule has 0 unspecified atom stereocenters. The highest BCUT2D eigenvalue weighted by Gasteiger charge is 2.15. The number of pyridine rings is 1. The van der Waals surface area contributed by atoms with Gasteiger partial charge in [0, 0.05) is 45.6 Å². The van der Waals surface area contributed by atoms with Gasteiger partial charge in [-0.2, -0.15) is 0 Å². The van der Waals surface area contributed by atoms with E-state index in [2.05, 4.69) is 115 Å². The molecule has 0 aliphatic rings. The average Bonchev–Trinajstić information content (AvgIpc) is 3.65. The van der Waals surface area contributed by atoms with Crippen LogP contribution in [-0.2, 0) is 0 Å². The van der Waals surface area contributed by atoms with Crippen molar-refractivity contribution in [3.05, 3.63) is 182 Å². The van der Waals surface area contributed by atoms with E-state index in [0.29, 0.717) is 23.3 Å². The molecular weight excluding hydrogens is 693 g/mol. The largest absolute Gasteiger partial charge is 0.245 e. The van der Waals surface area contributed by atoms with Gasteiger partial charge < -0.3 is 0 Å². The van der Waals surface area contributed by atoms with E-state index in [4.69, 9.17) is 29.9 Å². The fourth-order valence-corrected chi connectivity index (χ4v) is 7.75. The number of rotatable bonds is 7. The van der Waals surface area contributed by atoms with Crippen LogP contribution >= 0.6 is 11.3 Å². The quantitative estimate of drug-likeness (QED) is 0.163. The van der Waals surface area contributed by atoms with Gasteiger partial charge >= 0.3 is 0 Å². The molecule has 0 atom stereocenters. The standard InChI is InChI=1S/C48H30N6S/c1-4-11-31(12-5-1)33-19-23-36(24-20-33)44-49-30-42-43(51-44)41-28-40(29-50-48(41)55-42)34-21-25-37(26-22-34)46-52-45(35-15-8-3-9-16-35)53-47(54-46)39-18-10-17-38(27-39)32-13-6-2-7-14-32/h1-30H. The van der Waals surface area contributed by atoms with Crippen LogP contribution in [0.4, 0.5) is 0 Å². The van der Waals surface area contributed by atoms with Gasteiger partial charge in [-0.1, -0.05) is 158 Å². The van der Waals surface area contributed by atoms with Crippen molar-refractivity contribution in [2.45, 2.75) is 0 Å². The Morgan fingerprint density at radius 1 is 0.309 bits per heavy atom. The van der Waals surface area contributed by atoms with Gasteiger partial charge in [-0.3, -0.25) is 0 Å². The van der Waals surface area contributed by atoms with Crippen LogP contribution in [0.15, 0.2) is 182 Å². The normalized spacial score (nSPS) is 11.3. The summed E-state index contributed by atoms with van der Waals surface area (Å²) in [5, 5.41) is 1.01. The zero-order valence-electron chi connectivity index (χ0n) is 29.4. The zero-order valence-corrected chi connectivity index (χ0v) is 30.2. The average molecular weight is 723 g/mol.